The van der Waals surface area contributed by atoms with Crippen LogP contribution >= 0.6 is 11.3 Å². The summed E-state index contributed by atoms with van der Waals surface area (Å²) < 4.78 is 27.3. The number of thiophene rings is 1. The van der Waals surface area contributed by atoms with E-state index in [1.165, 1.54) is 45.2 Å². The predicted molar refractivity (Wildman–Crippen MR) is 120 cm³/mol. The molecule has 1 saturated heterocycles. The number of aryl methyl sites for hydroxylation is 2. The van der Waals surface area contributed by atoms with Crippen molar-refractivity contribution in [3.05, 3.63) is 52.4 Å². The average Bonchev–Trinajstić information content (AvgIpc) is 3.33. The summed E-state index contributed by atoms with van der Waals surface area (Å²) >= 11 is 1.24. The number of carbonyl (C=O) groups excluding carboxylic acids is 1. The van der Waals surface area contributed by atoms with Crippen LogP contribution in [0.2, 0.25) is 0 Å². The SMILES string of the molecule is CC[C@H](NC(=O)C1CCN(S(=O)(=O)c2cccs2)CC1)c1ccc2c(c1)CCCC2. The van der Waals surface area contributed by atoms with Gasteiger partial charge in [0.1, 0.15) is 4.21 Å². The van der Waals surface area contributed by atoms with E-state index in [9.17, 15) is 13.2 Å². The van der Waals surface area contributed by atoms with Crippen molar-refractivity contribution in [3.63, 3.8) is 0 Å². The highest BCUT2D eigenvalue weighted by atomic mass is 32.2. The molecule has 2 heterocycles. The molecule has 7 heteroatoms. The zero-order chi connectivity index (χ0) is 21.1. The van der Waals surface area contributed by atoms with Gasteiger partial charge in [-0.2, -0.15) is 4.31 Å². The number of benzene rings is 1. The monoisotopic (exact) mass is 446 g/mol. The molecule has 1 aromatic carbocycles. The standard InChI is InChI=1S/C23H30N2O3S2/c1-2-21(20-10-9-17-6-3-4-7-19(17)16-20)24-23(26)18-11-13-25(14-12-18)30(27,28)22-8-5-15-29-22/h5,8-10,15-16,18,21H,2-4,6-7,11-14H2,1H3,(H,24,26)/t21-/m0/s1. The number of carbonyl (C=O) groups is 1. The molecule has 2 aromatic rings. The van der Waals surface area contributed by atoms with Crippen molar-refractivity contribution in [1.29, 1.82) is 0 Å². The van der Waals surface area contributed by atoms with E-state index in [2.05, 4.69) is 30.4 Å². The summed E-state index contributed by atoms with van der Waals surface area (Å²) in [5.74, 6) is -0.0841. The number of nitrogens with zero attached hydrogens (tertiary/aromatic N) is 1. The second kappa shape index (κ2) is 9.20. The van der Waals surface area contributed by atoms with Gasteiger partial charge in [-0.05, 0) is 73.1 Å². The number of fused-ring (bicyclic) bond motifs is 1. The van der Waals surface area contributed by atoms with Crippen LogP contribution in [0.3, 0.4) is 0 Å². The van der Waals surface area contributed by atoms with Gasteiger partial charge < -0.3 is 5.32 Å². The van der Waals surface area contributed by atoms with Gasteiger partial charge >= 0.3 is 0 Å². The molecular weight excluding hydrogens is 416 g/mol. The number of piperidine rings is 1. The maximum Gasteiger partial charge on any atom is 0.252 e. The topological polar surface area (TPSA) is 66.5 Å². The number of amides is 1. The van der Waals surface area contributed by atoms with Gasteiger partial charge in [0.05, 0.1) is 6.04 Å². The lowest BCUT2D eigenvalue weighted by Crippen LogP contribution is -2.43. The summed E-state index contributed by atoms with van der Waals surface area (Å²) in [6.45, 7) is 2.89. The molecule has 1 amide bonds. The van der Waals surface area contributed by atoms with Crippen LogP contribution in [0.15, 0.2) is 39.9 Å². The summed E-state index contributed by atoms with van der Waals surface area (Å²) in [6.07, 6.45) is 6.77. The third-order valence-corrected chi connectivity index (χ3v) is 9.69. The minimum absolute atomic E-state index is 0.0117. The van der Waals surface area contributed by atoms with Crippen molar-refractivity contribution in [2.24, 2.45) is 5.92 Å². The first-order valence-electron chi connectivity index (χ1n) is 10.9. The van der Waals surface area contributed by atoms with Crippen LogP contribution in [0.4, 0.5) is 0 Å². The Morgan fingerprint density at radius 1 is 1.17 bits per heavy atom. The van der Waals surface area contributed by atoms with Crippen LogP contribution in [0, 0.1) is 5.92 Å². The Balaban J connectivity index is 1.37. The van der Waals surface area contributed by atoms with E-state index in [0.717, 1.165) is 19.3 Å². The van der Waals surface area contributed by atoms with Gasteiger partial charge in [0.15, 0.2) is 0 Å². The molecule has 0 saturated carbocycles. The van der Waals surface area contributed by atoms with Crippen LogP contribution in [-0.2, 0) is 27.7 Å². The van der Waals surface area contributed by atoms with Crippen LogP contribution in [0.5, 0.6) is 0 Å². The number of rotatable bonds is 6. The molecule has 162 valence electrons. The molecule has 1 fully saturated rings. The van der Waals surface area contributed by atoms with Gasteiger partial charge in [0.25, 0.3) is 10.0 Å². The Labute approximate surface area is 183 Å². The van der Waals surface area contributed by atoms with Gasteiger partial charge in [0.2, 0.25) is 5.91 Å². The van der Waals surface area contributed by atoms with Crippen molar-refractivity contribution in [3.8, 4) is 0 Å². The van der Waals surface area contributed by atoms with E-state index in [0.29, 0.717) is 30.1 Å². The zero-order valence-electron chi connectivity index (χ0n) is 17.5. The van der Waals surface area contributed by atoms with Gasteiger partial charge in [-0.15, -0.1) is 11.3 Å². The lowest BCUT2D eigenvalue weighted by molar-refractivity contribution is -0.126. The first kappa shape index (κ1) is 21.5. The molecule has 0 bridgehead atoms. The predicted octanol–water partition coefficient (Wildman–Crippen LogP) is 4.30. The molecule has 2 aliphatic rings. The third kappa shape index (κ3) is 4.48. The van der Waals surface area contributed by atoms with Gasteiger partial charge in [-0.25, -0.2) is 8.42 Å². The molecule has 1 N–H and O–H groups in total. The van der Waals surface area contributed by atoms with Crippen molar-refractivity contribution in [2.75, 3.05) is 13.1 Å². The van der Waals surface area contributed by atoms with Crippen molar-refractivity contribution in [1.82, 2.24) is 9.62 Å². The largest absolute Gasteiger partial charge is 0.349 e. The number of hydrogen-bond acceptors (Lipinski definition) is 4. The minimum atomic E-state index is -3.43. The summed E-state index contributed by atoms with van der Waals surface area (Å²) in [6, 6.07) is 10.1. The molecule has 1 atom stereocenters. The van der Waals surface area contributed by atoms with Crippen molar-refractivity contribution >= 4 is 27.3 Å². The van der Waals surface area contributed by atoms with E-state index in [1.807, 2.05) is 0 Å². The Morgan fingerprint density at radius 2 is 1.90 bits per heavy atom. The van der Waals surface area contributed by atoms with Crippen LogP contribution in [-0.4, -0.2) is 31.7 Å². The van der Waals surface area contributed by atoms with E-state index >= 15 is 0 Å². The van der Waals surface area contributed by atoms with E-state index in [4.69, 9.17) is 0 Å². The molecule has 0 radical (unpaired) electrons. The zero-order valence-corrected chi connectivity index (χ0v) is 19.1. The summed E-state index contributed by atoms with van der Waals surface area (Å²) in [5.41, 5.74) is 4.06. The number of sulfonamides is 1. The van der Waals surface area contributed by atoms with Crippen molar-refractivity contribution in [2.45, 2.75) is 62.1 Å². The molecule has 1 aromatic heterocycles. The molecule has 0 spiro atoms. The van der Waals surface area contributed by atoms with Crippen LogP contribution < -0.4 is 5.32 Å². The lowest BCUT2D eigenvalue weighted by Gasteiger charge is -2.31. The number of nitrogens with one attached hydrogen (secondary N) is 1. The fourth-order valence-electron chi connectivity index (χ4n) is 4.58. The minimum Gasteiger partial charge on any atom is -0.349 e. The summed E-state index contributed by atoms with van der Waals surface area (Å²) in [4.78, 5) is 12.9. The second-order valence-electron chi connectivity index (χ2n) is 8.32. The third-order valence-electron chi connectivity index (χ3n) is 6.41. The van der Waals surface area contributed by atoms with Gasteiger partial charge in [-0.3, -0.25) is 4.79 Å². The molecule has 30 heavy (non-hydrogen) atoms. The normalized spacial score (nSPS) is 19.2. The first-order chi connectivity index (χ1) is 14.5. The van der Waals surface area contributed by atoms with E-state index in [1.54, 1.807) is 17.5 Å². The highest BCUT2D eigenvalue weighted by molar-refractivity contribution is 7.91. The summed E-state index contributed by atoms with van der Waals surface area (Å²) in [5, 5.41) is 5.01. The second-order valence-corrected chi connectivity index (χ2v) is 11.4. The van der Waals surface area contributed by atoms with Gasteiger partial charge in [-0.1, -0.05) is 31.2 Å². The lowest BCUT2D eigenvalue weighted by atomic mass is 9.88. The maximum absolute atomic E-state index is 12.9. The Hall–Kier alpha value is -1.70. The number of hydrogen-bond donors (Lipinski definition) is 1. The van der Waals surface area contributed by atoms with Gasteiger partial charge in [0, 0.05) is 19.0 Å². The highest BCUT2D eigenvalue weighted by Crippen LogP contribution is 2.29. The fourth-order valence-corrected chi connectivity index (χ4v) is 7.19. The molecule has 0 unspecified atom stereocenters. The molecule has 4 rings (SSSR count). The molecule has 1 aliphatic heterocycles. The van der Waals surface area contributed by atoms with E-state index in [-0.39, 0.29) is 17.9 Å². The van der Waals surface area contributed by atoms with E-state index < -0.39 is 10.0 Å². The molecule has 5 nitrogen and oxygen atoms in total. The smallest absolute Gasteiger partial charge is 0.252 e. The first-order valence-corrected chi connectivity index (χ1v) is 13.3. The quantitative estimate of drug-likeness (QED) is 0.720. The molecule has 1 aliphatic carbocycles. The van der Waals surface area contributed by atoms with Crippen molar-refractivity contribution < 1.29 is 13.2 Å². The maximum atomic E-state index is 12.9. The Bertz CT molecular complexity index is 978. The Morgan fingerprint density at radius 3 is 2.57 bits per heavy atom. The molecular formula is C23H30N2O3S2. The summed E-state index contributed by atoms with van der Waals surface area (Å²) in [7, 11) is -3.43. The highest BCUT2D eigenvalue weighted by Gasteiger charge is 2.33. The average molecular weight is 447 g/mol. The fraction of sp³-hybridized carbons (Fsp3) is 0.522. The van der Waals surface area contributed by atoms with Crippen LogP contribution in [0.1, 0.15) is 61.8 Å². The van der Waals surface area contributed by atoms with Crippen LogP contribution in [0.25, 0.3) is 0 Å². The Kier molecular flexibility index (Phi) is 6.60.